The van der Waals surface area contributed by atoms with Crippen molar-refractivity contribution >= 4 is 59.0 Å². The Kier molecular flexibility index (Phi) is 18.4. The Morgan fingerprint density at radius 2 is 1.16 bits per heavy atom. The molecular weight excluding hydrogens is 701 g/mol. The molecule has 3 rings (SSSR count). The van der Waals surface area contributed by atoms with Gasteiger partial charge < -0.3 is 24.4 Å². The lowest BCUT2D eigenvalue weighted by Gasteiger charge is -2.17. The molecule has 1 aromatic rings. The van der Waals surface area contributed by atoms with Gasteiger partial charge in [-0.2, -0.15) is 10.5 Å². The number of ether oxygens (including phenoxy) is 3. The summed E-state index contributed by atoms with van der Waals surface area (Å²) in [6, 6.07) is 4.15. The van der Waals surface area contributed by atoms with Crippen molar-refractivity contribution in [3.05, 3.63) is 25.2 Å². The molecule has 0 fully saturated rings. The first-order valence-electron chi connectivity index (χ1n) is 17.2. The number of nitrogens with zero attached hydrogens (tertiary/aromatic N) is 2. The van der Waals surface area contributed by atoms with Crippen LogP contribution in [-0.4, -0.2) is 55.2 Å². The molecule has 1 aromatic carbocycles. The number of thioether (sulfide) groups is 4. The van der Waals surface area contributed by atoms with Gasteiger partial charge in [0.1, 0.15) is 24.5 Å². The third kappa shape index (κ3) is 11.1. The second kappa shape index (κ2) is 21.8. The highest BCUT2D eigenvalue weighted by molar-refractivity contribution is 8.25. The summed E-state index contributed by atoms with van der Waals surface area (Å²) in [5.41, 5.74) is 0.805. The number of benzene rings is 1. The summed E-state index contributed by atoms with van der Waals surface area (Å²) in [5.74, 6) is -0.374. The standard InChI is InChI=1S/C36H48N2O7S4/c1-5-9-13-23(7-3)21-44-33(41)26(19-37)35-46-29-25(15-11-12-16-39)30-32(28(31(29)48-35)43-18-17-40)49-36(47-30)27(20-38)34(42)45-22-24(8-4)14-10-6-2/h23-24,39-40H,5-18,21-22H2,1-4H3/b35-26-,36-27+. The fourth-order valence-electron chi connectivity index (χ4n) is 5.30. The zero-order valence-electron chi connectivity index (χ0n) is 28.9. The predicted octanol–water partition coefficient (Wildman–Crippen LogP) is 8.76. The van der Waals surface area contributed by atoms with Gasteiger partial charge in [-0.05, 0) is 49.5 Å². The quantitative estimate of drug-likeness (QED) is 0.0534. The second-order valence-corrected chi connectivity index (χ2v) is 16.5. The number of hydrogen-bond acceptors (Lipinski definition) is 13. The van der Waals surface area contributed by atoms with E-state index >= 15 is 0 Å². The molecule has 2 aliphatic heterocycles. The number of rotatable bonds is 21. The Labute approximate surface area is 308 Å². The van der Waals surface area contributed by atoms with E-state index in [4.69, 9.17) is 14.2 Å². The van der Waals surface area contributed by atoms with Gasteiger partial charge in [-0.3, -0.25) is 0 Å². The molecule has 0 bridgehead atoms. The highest BCUT2D eigenvalue weighted by Crippen LogP contribution is 2.66. The van der Waals surface area contributed by atoms with Crippen molar-refractivity contribution in [2.45, 2.75) is 118 Å². The summed E-state index contributed by atoms with van der Waals surface area (Å²) < 4.78 is 18.4. The molecule has 2 atom stereocenters. The number of carbonyl (C=O) groups excluding carboxylic acids is 2. The van der Waals surface area contributed by atoms with E-state index in [2.05, 4.69) is 39.8 Å². The number of fused-ring (bicyclic) bond motifs is 2. The molecule has 2 heterocycles. The van der Waals surface area contributed by atoms with E-state index in [9.17, 15) is 30.3 Å². The van der Waals surface area contributed by atoms with Gasteiger partial charge in [0, 0.05) is 16.4 Å². The largest absolute Gasteiger partial charge is 0.489 e. The van der Waals surface area contributed by atoms with Crippen molar-refractivity contribution < 1.29 is 34.0 Å². The lowest BCUT2D eigenvalue weighted by atomic mass is 10.0. The maximum Gasteiger partial charge on any atom is 0.350 e. The number of unbranched alkanes of at least 4 members (excludes halogenated alkanes) is 3. The molecule has 49 heavy (non-hydrogen) atoms. The van der Waals surface area contributed by atoms with Crippen LogP contribution in [0.15, 0.2) is 39.2 Å². The minimum atomic E-state index is -0.654. The van der Waals surface area contributed by atoms with E-state index in [1.54, 1.807) is 0 Å². The Hall–Kier alpha value is -2.26. The molecule has 9 nitrogen and oxygen atoms in total. The minimum Gasteiger partial charge on any atom is -0.489 e. The molecule has 13 heteroatoms. The molecule has 0 spiro atoms. The van der Waals surface area contributed by atoms with Crippen LogP contribution in [0.3, 0.4) is 0 Å². The minimum absolute atomic E-state index is 0.00389. The number of aliphatic hydroxyl groups excluding tert-OH is 2. The maximum atomic E-state index is 13.2. The van der Waals surface area contributed by atoms with Crippen LogP contribution < -0.4 is 4.74 Å². The van der Waals surface area contributed by atoms with E-state index in [0.29, 0.717) is 43.3 Å². The van der Waals surface area contributed by atoms with Crippen LogP contribution in [0.4, 0.5) is 0 Å². The van der Waals surface area contributed by atoms with Gasteiger partial charge in [-0.25, -0.2) is 9.59 Å². The van der Waals surface area contributed by atoms with Crippen molar-refractivity contribution in [3.63, 3.8) is 0 Å². The van der Waals surface area contributed by atoms with E-state index < -0.39 is 11.9 Å². The van der Waals surface area contributed by atoms with E-state index in [1.807, 2.05) is 0 Å². The Morgan fingerprint density at radius 3 is 1.55 bits per heavy atom. The Morgan fingerprint density at radius 1 is 0.694 bits per heavy atom. The fourth-order valence-corrected chi connectivity index (χ4v) is 10.9. The maximum absolute atomic E-state index is 13.2. The van der Waals surface area contributed by atoms with E-state index in [-0.39, 0.29) is 56.0 Å². The average Bonchev–Trinajstić information content (AvgIpc) is 3.74. The van der Waals surface area contributed by atoms with E-state index in [0.717, 1.165) is 66.7 Å². The summed E-state index contributed by atoms with van der Waals surface area (Å²) in [4.78, 5) is 29.5. The van der Waals surface area contributed by atoms with Crippen LogP contribution in [-0.2, 0) is 25.5 Å². The van der Waals surface area contributed by atoms with Crippen molar-refractivity contribution in [1.29, 1.82) is 10.5 Å². The number of nitriles is 2. The molecule has 0 saturated carbocycles. The van der Waals surface area contributed by atoms with Crippen LogP contribution >= 0.6 is 47.0 Å². The summed E-state index contributed by atoms with van der Waals surface area (Å²) in [5, 5.41) is 39.5. The van der Waals surface area contributed by atoms with Gasteiger partial charge in [0.05, 0.1) is 38.1 Å². The summed E-state index contributed by atoms with van der Waals surface area (Å²) in [7, 11) is 0. The van der Waals surface area contributed by atoms with E-state index in [1.165, 1.54) is 47.0 Å². The first-order valence-corrected chi connectivity index (χ1v) is 20.5. The number of carbonyl (C=O) groups is 2. The average molecular weight is 749 g/mol. The van der Waals surface area contributed by atoms with Crippen molar-refractivity contribution in [2.24, 2.45) is 11.8 Å². The molecule has 2 aliphatic rings. The smallest absolute Gasteiger partial charge is 0.350 e. The highest BCUT2D eigenvalue weighted by atomic mass is 32.2. The lowest BCUT2D eigenvalue weighted by molar-refractivity contribution is -0.140. The lowest BCUT2D eigenvalue weighted by Crippen LogP contribution is -2.15. The summed E-state index contributed by atoms with van der Waals surface area (Å²) in [6.45, 7) is 8.69. The number of aliphatic hydroxyl groups is 2. The van der Waals surface area contributed by atoms with Gasteiger partial charge in [-0.15, -0.1) is 0 Å². The SMILES string of the molecule is CCCCC(CC)COC(=O)/C(C#N)=C1/Sc2c(CCCCO)c3c(c(OCCO)c2S1)S/C(=C(\C#N)C(=O)OCC(CC)CCCC)S3. The van der Waals surface area contributed by atoms with Crippen molar-refractivity contribution in [2.75, 3.05) is 33.0 Å². The molecule has 0 aromatic heterocycles. The first-order chi connectivity index (χ1) is 23.8. The van der Waals surface area contributed by atoms with Gasteiger partial charge >= 0.3 is 11.9 Å². The number of hydrogen-bond donors (Lipinski definition) is 2. The van der Waals surface area contributed by atoms with Crippen LogP contribution in [0.5, 0.6) is 5.75 Å². The highest BCUT2D eigenvalue weighted by Gasteiger charge is 2.39. The summed E-state index contributed by atoms with van der Waals surface area (Å²) in [6.07, 6.45) is 9.71. The fraction of sp³-hybridized carbons (Fsp3) is 0.611. The normalized spacial score (nSPS) is 16.6. The third-order valence-electron chi connectivity index (χ3n) is 8.35. The molecule has 2 N–H and O–H groups in total. The predicted molar refractivity (Wildman–Crippen MR) is 196 cm³/mol. The van der Waals surface area contributed by atoms with Crippen LogP contribution in [0.1, 0.15) is 97.5 Å². The van der Waals surface area contributed by atoms with Crippen molar-refractivity contribution in [3.8, 4) is 17.9 Å². The molecule has 0 amide bonds. The Balaban J connectivity index is 2.01. The molecule has 268 valence electrons. The molecule has 2 unspecified atom stereocenters. The van der Waals surface area contributed by atoms with Crippen molar-refractivity contribution in [1.82, 2.24) is 0 Å². The molecule has 0 radical (unpaired) electrons. The molecule has 0 aliphatic carbocycles. The van der Waals surface area contributed by atoms with Crippen LogP contribution in [0.25, 0.3) is 0 Å². The first kappa shape index (κ1) is 41.2. The second-order valence-electron chi connectivity index (χ2n) is 11.9. The number of esters is 2. The Bertz CT molecular complexity index is 1370. The van der Waals surface area contributed by atoms with Gasteiger partial charge in [-0.1, -0.05) is 113 Å². The zero-order chi connectivity index (χ0) is 35.8. The van der Waals surface area contributed by atoms with Crippen LogP contribution in [0, 0.1) is 34.5 Å². The summed E-state index contributed by atoms with van der Waals surface area (Å²) >= 11 is 5.14. The molecular formula is C36H48N2O7S4. The van der Waals surface area contributed by atoms with Gasteiger partial charge in [0.15, 0.2) is 11.1 Å². The molecule has 0 saturated heterocycles. The van der Waals surface area contributed by atoms with Crippen LogP contribution in [0.2, 0.25) is 0 Å². The zero-order valence-corrected chi connectivity index (χ0v) is 32.2. The van der Waals surface area contributed by atoms with Gasteiger partial charge in [0.25, 0.3) is 0 Å². The topological polar surface area (TPSA) is 150 Å². The third-order valence-corrected chi connectivity index (χ3v) is 13.7. The monoisotopic (exact) mass is 748 g/mol. The van der Waals surface area contributed by atoms with Gasteiger partial charge in [0.2, 0.25) is 0 Å².